The lowest BCUT2D eigenvalue weighted by Gasteiger charge is -2.48. The van der Waals surface area contributed by atoms with Gasteiger partial charge in [-0.15, -0.1) is 0 Å². The smallest absolute Gasteiger partial charge is 0.257 e. The third-order valence-corrected chi connectivity index (χ3v) is 5.34. The standard InChI is InChI=1S/C18H24ClNO4/c1-17(22)7-10-24-18(12-17)5-8-20(9-6-18)16(21)14-4-3-13(19)11-15(14)23-2/h3-4,11,22H,5-10,12H2,1-2H3. The molecule has 0 bridgehead atoms. The molecule has 0 aliphatic carbocycles. The number of carbonyl (C=O) groups excluding carboxylic acids is 1. The number of halogens is 1. The van der Waals surface area contributed by atoms with E-state index in [1.165, 1.54) is 7.11 Å². The van der Waals surface area contributed by atoms with Gasteiger partial charge in [-0.25, -0.2) is 0 Å². The summed E-state index contributed by atoms with van der Waals surface area (Å²) in [7, 11) is 1.53. The molecule has 2 fully saturated rings. The van der Waals surface area contributed by atoms with Gasteiger partial charge in [-0.3, -0.25) is 4.79 Å². The fourth-order valence-electron chi connectivity index (χ4n) is 3.77. The predicted molar refractivity (Wildman–Crippen MR) is 91.7 cm³/mol. The molecular weight excluding hydrogens is 330 g/mol. The van der Waals surface area contributed by atoms with Crippen molar-refractivity contribution >= 4 is 17.5 Å². The molecule has 1 unspecified atom stereocenters. The molecule has 0 saturated carbocycles. The summed E-state index contributed by atoms with van der Waals surface area (Å²) >= 11 is 5.97. The molecule has 1 amide bonds. The predicted octanol–water partition coefficient (Wildman–Crippen LogP) is 2.88. The summed E-state index contributed by atoms with van der Waals surface area (Å²) in [5.41, 5.74) is -0.457. The number of benzene rings is 1. The Morgan fingerprint density at radius 3 is 2.67 bits per heavy atom. The minimum absolute atomic E-state index is 0.0547. The topological polar surface area (TPSA) is 59.0 Å². The highest BCUT2D eigenvalue weighted by Crippen LogP contribution is 2.39. The molecule has 2 saturated heterocycles. The van der Waals surface area contributed by atoms with Crippen LogP contribution in [0.2, 0.25) is 5.02 Å². The lowest BCUT2D eigenvalue weighted by atomic mass is 9.78. The first-order chi connectivity index (χ1) is 11.3. The first-order valence-corrected chi connectivity index (χ1v) is 8.71. The van der Waals surface area contributed by atoms with E-state index >= 15 is 0 Å². The Morgan fingerprint density at radius 1 is 1.33 bits per heavy atom. The Labute approximate surface area is 147 Å². The molecule has 24 heavy (non-hydrogen) atoms. The number of carbonyl (C=O) groups is 1. The van der Waals surface area contributed by atoms with Crippen LogP contribution in [0.25, 0.3) is 0 Å². The van der Waals surface area contributed by atoms with Crippen molar-refractivity contribution in [3.8, 4) is 5.75 Å². The molecule has 1 spiro atoms. The van der Waals surface area contributed by atoms with Crippen molar-refractivity contribution in [3.63, 3.8) is 0 Å². The molecule has 1 aromatic carbocycles. The highest BCUT2D eigenvalue weighted by molar-refractivity contribution is 6.30. The van der Waals surface area contributed by atoms with E-state index in [1.807, 2.05) is 11.8 Å². The molecular formula is C18H24ClNO4. The zero-order valence-corrected chi connectivity index (χ0v) is 14.9. The number of rotatable bonds is 2. The third kappa shape index (κ3) is 3.53. The van der Waals surface area contributed by atoms with E-state index in [0.29, 0.717) is 48.9 Å². The highest BCUT2D eigenvalue weighted by atomic mass is 35.5. The van der Waals surface area contributed by atoms with Crippen LogP contribution >= 0.6 is 11.6 Å². The fourth-order valence-corrected chi connectivity index (χ4v) is 3.93. The Morgan fingerprint density at radius 2 is 2.04 bits per heavy atom. The molecule has 2 aliphatic heterocycles. The van der Waals surface area contributed by atoms with Crippen LogP contribution in [0.1, 0.15) is 43.0 Å². The van der Waals surface area contributed by atoms with Gasteiger partial charge in [-0.2, -0.15) is 0 Å². The molecule has 5 nitrogen and oxygen atoms in total. The summed E-state index contributed by atoms with van der Waals surface area (Å²) in [6.45, 7) is 3.67. The molecule has 6 heteroatoms. The van der Waals surface area contributed by atoms with E-state index in [0.717, 1.165) is 12.8 Å². The number of amides is 1. The van der Waals surface area contributed by atoms with Crippen LogP contribution in [0, 0.1) is 0 Å². The molecule has 2 aliphatic rings. The molecule has 2 heterocycles. The van der Waals surface area contributed by atoms with Crippen molar-refractivity contribution in [1.29, 1.82) is 0 Å². The van der Waals surface area contributed by atoms with Crippen molar-refractivity contribution < 1.29 is 19.4 Å². The van der Waals surface area contributed by atoms with Crippen LogP contribution in [0.3, 0.4) is 0 Å². The fraction of sp³-hybridized carbons (Fsp3) is 0.611. The molecule has 1 N–H and O–H groups in total. The summed E-state index contributed by atoms with van der Waals surface area (Å²) in [4.78, 5) is 14.6. The third-order valence-electron chi connectivity index (χ3n) is 5.11. The second-order valence-corrected chi connectivity index (χ2v) is 7.53. The SMILES string of the molecule is COc1cc(Cl)ccc1C(=O)N1CCC2(CC1)CC(C)(O)CCO2. The summed E-state index contributed by atoms with van der Waals surface area (Å²) in [5.74, 6) is 0.436. The number of ether oxygens (including phenoxy) is 2. The van der Waals surface area contributed by atoms with Crippen LogP contribution in [-0.2, 0) is 4.74 Å². The molecule has 0 aromatic heterocycles. The van der Waals surface area contributed by atoms with Crippen LogP contribution in [0.15, 0.2) is 18.2 Å². The van der Waals surface area contributed by atoms with Gasteiger partial charge in [0.25, 0.3) is 5.91 Å². The highest BCUT2D eigenvalue weighted by Gasteiger charge is 2.45. The Kier molecular flexibility index (Phi) is 4.78. The van der Waals surface area contributed by atoms with E-state index in [2.05, 4.69) is 0 Å². The molecule has 0 radical (unpaired) electrons. The Balaban J connectivity index is 1.70. The van der Waals surface area contributed by atoms with Gasteiger partial charge in [0, 0.05) is 24.5 Å². The van der Waals surface area contributed by atoms with E-state index in [9.17, 15) is 9.90 Å². The largest absolute Gasteiger partial charge is 0.496 e. The van der Waals surface area contributed by atoms with Gasteiger partial charge in [-0.05, 0) is 44.4 Å². The van der Waals surface area contributed by atoms with Gasteiger partial charge < -0.3 is 19.5 Å². The number of hydrogen-bond acceptors (Lipinski definition) is 4. The van der Waals surface area contributed by atoms with Crippen molar-refractivity contribution in [3.05, 3.63) is 28.8 Å². The van der Waals surface area contributed by atoms with Crippen LogP contribution in [0.5, 0.6) is 5.75 Å². The normalized spacial score (nSPS) is 26.4. The summed E-state index contributed by atoms with van der Waals surface area (Å²) < 4.78 is 11.3. The number of piperidine rings is 1. The average molecular weight is 354 g/mol. The number of nitrogens with zero attached hydrogens (tertiary/aromatic N) is 1. The summed E-state index contributed by atoms with van der Waals surface area (Å²) in [5, 5.41) is 10.9. The number of methoxy groups -OCH3 is 1. The lowest BCUT2D eigenvalue weighted by Crippen LogP contribution is -2.54. The number of likely N-dealkylation sites (tertiary alicyclic amines) is 1. The van der Waals surface area contributed by atoms with E-state index in [1.54, 1.807) is 18.2 Å². The maximum absolute atomic E-state index is 12.8. The van der Waals surface area contributed by atoms with Gasteiger partial charge in [-0.1, -0.05) is 11.6 Å². The molecule has 1 aromatic rings. The van der Waals surface area contributed by atoms with Gasteiger partial charge in [0.05, 0.1) is 30.5 Å². The Hall–Kier alpha value is -1.30. The van der Waals surface area contributed by atoms with Crippen LogP contribution in [-0.4, -0.2) is 53.9 Å². The lowest BCUT2D eigenvalue weighted by molar-refractivity contribution is -0.170. The zero-order valence-electron chi connectivity index (χ0n) is 14.2. The number of aliphatic hydroxyl groups is 1. The molecule has 132 valence electrons. The minimum atomic E-state index is -0.677. The van der Waals surface area contributed by atoms with Gasteiger partial charge in [0.1, 0.15) is 5.75 Å². The van der Waals surface area contributed by atoms with Crippen molar-refractivity contribution in [2.45, 2.75) is 43.8 Å². The average Bonchev–Trinajstić information content (AvgIpc) is 2.53. The number of hydrogen-bond donors (Lipinski definition) is 1. The first-order valence-electron chi connectivity index (χ1n) is 8.33. The van der Waals surface area contributed by atoms with Crippen LogP contribution < -0.4 is 4.74 Å². The second kappa shape index (κ2) is 6.54. The van der Waals surface area contributed by atoms with Gasteiger partial charge >= 0.3 is 0 Å². The van der Waals surface area contributed by atoms with Crippen molar-refractivity contribution in [2.75, 3.05) is 26.8 Å². The van der Waals surface area contributed by atoms with E-state index in [4.69, 9.17) is 21.1 Å². The second-order valence-electron chi connectivity index (χ2n) is 7.09. The zero-order chi connectivity index (χ0) is 17.4. The quantitative estimate of drug-likeness (QED) is 0.888. The molecule has 3 rings (SSSR count). The molecule has 1 atom stereocenters. The minimum Gasteiger partial charge on any atom is -0.496 e. The van der Waals surface area contributed by atoms with Crippen molar-refractivity contribution in [2.24, 2.45) is 0 Å². The Bertz CT molecular complexity index is 623. The van der Waals surface area contributed by atoms with Gasteiger partial charge in [0.2, 0.25) is 0 Å². The maximum atomic E-state index is 12.8. The monoisotopic (exact) mass is 353 g/mol. The van der Waals surface area contributed by atoms with E-state index < -0.39 is 5.60 Å². The summed E-state index contributed by atoms with van der Waals surface area (Å²) in [6.07, 6.45) is 2.78. The van der Waals surface area contributed by atoms with Crippen molar-refractivity contribution in [1.82, 2.24) is 4.90 Å². The van der Waals surface area contributed by atoms with E-state index in [-0.39, 0.29) is 11.5 Å². The maximum Gasteiger partial charge on any atom is 0.257 e. The summed E-state index contributed by atoms with van der Waals surface area (Å²) in [6, 6.07) is 5.06. The van der Waals surface area contributed by atoms with Crippen LogP contribution in [0.4, 0.5) is 0 Å². The first kappa shape index (κ1) is 17.5. The van der Waals surface area contributed by atoms with Gasteiger partial charge in [0.15, 0.2) is 0 Å².